The molecule has 0 fully saturated rings. The van der Waals surface area contributed by atoms with Crippen LogP contribution < -0.4 is 0 Å². The molecule has 0 atom stereocenters. The Balaban J connectivity index is 3.98. The van der Waals surface area contributed by atoms with Gasteiger partial charge in [-0.3, -0.25) is 4.90 Å². The molecule has 0 aromatic carbocycles. The highest BCUT2D eigenvalue weighted by atomic mass is 35.5. The first-order valence-electron chi connectivity index (χ1n) is 3.52. The van der Waals surface area contributed by atoms with Crippen molar-refractivity contribution in [1.82, 2.24) is 4.90 Å². The van der Waals surface area contributed by atoms with Crippen LogP contribution in [0.3, 0.4) is 0 Å². The standard InChI is InChI=1S/C7H15Cl2N/c1-5(2)10(6(3)4)7(8)9/h5-7H,1-4H3. The minimum atomic E-state index is -0.389. The number of hydrogen-bond acceptors (Lipinski definition) is 1. The second kappa shape index (κ2) is 4.42. The maximum atomic E-state index is 5.73. The minimum Gasteiger partial charge on any atom is -0.270 e. The first-order valence-corrected chi connectivity index (χ1v) is 4.39. The highest BCUT2D eigenvalue weighted by Crippen LogP contribution is 2.16. The third-order valence-corrected chi connectivity index (χ3v) is 1.87. The smallest absolute Gasteiger partial charge is 0.161 e. The fourth-order valence-electron chi connectivity index (χ4n) is 1.05. The van der Waals surface area contributed by atoms with Gasteiger partial charge in [-0.05, 0) is 27.7 Å². The van der Waals surface area contributed by atoms with E-state index in [1.165, 1.54) is 0 Å². The number of nitrogens with zero attached hydrogens (tertiary/aromatic N) is 1. The highest BCUT2D eigenvalue weighted by Gasteiger charge is 2.18. The van der Waals surface area contributed by atoms with Crippen LogP contribution in [0.2, 0.25) is 0 Å². The predicted molar refractivity (Wildman–Crippen MR) is 47.6 cm³/mol. The lowest BCUT2D eigenvalue weighted by Gasteiger charge is -2.31. The van der Waals surface area contributed by atoms with Crippen LogP contribution in [0.5, 0.6) is 0 Å². The van der Waals surface area contributed by atoms with Gasteiger partial charge in [0.25, 0.3) is 0 Å². The molecule has 0 spiro atoms. The summed E-state index contributed by atoms with van der Waals surface area (Å²) in [7, 11) is 0. The lowest BCUT2D eigenvalue weighted by Crippen LogP contribution is -2.39. The molecule has 0 aromatic rings. The monoisotopic (exact) mass is 183 g/mol. The molecule has 0 aliphatic rings. The van der Waals surface area contributed by atoms with E-state index in [2.05, 4.69) is 27.7 Å². The molecule has 0 saturated carbocycles. The molecule has 1 nitrogen and oxygen atoms in total. The Morgan fingerprint density at radius 1 is 0.900 bits per heavy atom. The number of rotatable bonds is 3. The fourth-order valence-corrected chi connectivity index (χ4v) is 1.95. The normalized spacial score (nSPS) is 12.6. The maximum Gasteiger partial charge on any atom is 0.161 e. The van der Waals surface area contributed by atoms with Gasteiger partial charge in [-0.25, -0.2) is 0 Å². The molecule has 0 radical (unpaired) electrons. The van der Waals surface area contributed by atoms with E-state index in [1.807, 2.05) is 4.90 Å². The van der Waals surface area contributed by atoms with Gasteiger partial charge in [0.2, 0.25) is 0 Å². The summed E-state index contributed by atoms with van der Waals surface area (Å²) in [5.41, 5.74) is 0. The van der Waals surface area contributed by atoms with Gasteiger partial charge in [0, 0.05) is 12.1 Å². The van der Waals surface area contributed by atoms with E-state index in [9.17, 15) is 0 Å². The van der Waals surface area contributed by atoms with Crippen LogP contribution in [0.15, 0.2) is 0 Å². The van der Waals surface area contributed by atoms with Crippen LogP contribution in [-0.2, 0) is 0 Å². The average Bonchev–Trinajstić information content (AvgIpc) is 1.59. The van der Waals surface area contributed by atoms with E-state index >= 15 is 0 Å². The van der Waals surface area contributed by atoms with Crippen molar-refractivity contribution < 1.29 is 0 Å². The van der Waals surface area contributed by atoms with E-state index in [0.717, 1.165) is 0 Å². The summed E-state index contributed by atoms with van der Waals surface area (Å²) < 4.78 is 0. The molecule has 0 N–H and O–H groups in total. The molecule has 0 amide bonds. The number of alkyl halides is 2. The zero-order valence-electron chi connectivity index (χ0n) is 6.94. The van der Waals surface area contributed by atoms with Crippen LogP contribution in [0, 0.1) is 0 Å². The Labute approximate surface area is 73.3 Å². The van der Waals surface area contributed by atoms with Crippen LogP contribution >= 0.6 is 23.2 Å². The van der Waals surface area contributed by atoms with Crippen molar-refractivity contribution in [1.29, 1.82) is 0 Å². The van der Waals surface area contributed by atoms with Gasteiger partial charge in [0.05, 0.1) is 0 Å². The zero-order valence-corrected chi connectivity index (χ0v) is 8.45. The molecular formula is C7H15Cl2N. The summed E-state index contributed by atoms with van der Waals surface area (Å²) in [6.45, 7) is 8.32. The summed E-state index contributed by atoms with van der Waals surface area (Å²) in [6, 6.07) is 0.806. The zero-order chi connectivity index (χ0) is 8.31. The van der Waals surface area contributed by atoms with E-state index in [0.29, 0.717) is 12.1 Å². The largest absolute Gasteiger partial charge is 0.270 e. The lowest BCUT2D eigenvalue weighted by atomic mass is 10.2. The van der Waals surface area contributed by atoms with Crippen molar-refractivity contribution >= 4 is 23.2 Å². The quantitative estimate of drug-likeness (QED) is 0.481. The predicted octanol–water partition coefficient (Wildman–Crippen LogP) is 2.87. The van der Waals surface area contributed by atoms with E-state index in [4.69, 9.17) is 23.2 Å². The first-order chi connectivity index (χ1) is 4.46. The summed E-state index contributed by atoms with van der Waals surface area (Å²) in [5, 5.41) is 0. The molecular weight excluding hydrogens is 169 g/mol. The van der Waals surface area contributed by atoms with E-state index in [-0.39, 0.29) is 4.96 Å². The van der Waals surface area contributed by atoms with Gasteiger partial charge < -0.3 is 0 Å². The summed E-state index contributed by atoms with van der Waals surface area (Å²) in [4.78, 5) is 1.64. The molecule has 0 unspecified atom stereocenters. The molecule has 0 bridgehead atoms. The number of hydrogen-bond donors (Lipinski definition) is 0. The second-order valence-corrected chi connectivity index (χ2v) is 3.96. The molecule has 62 valence electrons. The summed E-state index contributed by atoms with van der Waals surface area (Å²) >= 11 is 11.5. The molecule has 0 aliphatic carbocycles. The van der Waals surface area contributed by atoms with Gasteiger partial charge >= 0.3 is 0 Å². The molecule has 10 heavy (non-hydrogen) atoms. The van der Waals surface area contributed by atoms with Crippen LogP contribution in [-0.4, -0.2) is 21.9 Å². The third kappa shape index (κ3) is 3.09. The van der Waals surface area contributed by atoms with Crippen molar-refractivity contribution in [3.8, 4) is 0 Å². The molecule has 0 aromatic heterocycles. The molecule has 0 aliphatic heterocycles. The lowest BCUT2D eigenvalue weighted by molar-refractivity contribution is 0.191. The van der Waals surface area contributed by atoms with Gasteiger partial charge in [0.15, 0.2) is 4.96 Å². The average molecular weight is 184 g/mol. The third-order valence-electron chi connectivity index (χ3n) is 1.42. The van der Waals surface area contributed by atoms with Gasteiger partial charge in [-0.2, -0.15) is 0 Å². The Kier molecular flexibility index (Phi) is 4.66. The van der Waals surface area contributed by atoms with Crippen molar-refractivity contribution in [2.75, 3.05) is 0 Å². The second-order valence-electron chi connectivity index (χ2n) is 2.91. The fraction of sp³-hybridized carbons (Fsp3) is 1.00. The number of halogens is 2. The van der Waals surface area contributed by atoms with Crippen molar-refractivity contribution in [2.24, 2.45) is 0 Å². The topological polar surface area (TPSA) is 3.24 Å². The van der Waals surface area contributed by atoms with Crippen LogP contribution in [0.1, 0.15) is 27.7 Å². The molecule has 0 saturated heterocycles. The maximum absolute atomic E-state index is 5.73. The molecule has 0 heterocycles. The molecule has 3 heteroatoms. The Morgan fingerprint density at radius 3 is 1.20 bits per heavy atom. The Bertz CT molecular complexity index is 72.6. The van der Waals surface area contributed by atoms with Crippen molar-refractivity contribution in [3.63, 3.8) is 0 Å². The highest BCUT2D eigenvalue weighted by molar-refractivity contribution is 6.43. The van der Waals surface area contributed by atoms with E-state index in [1.54, 1.807) is 0 Å². The van der Waals surface area contributed by atoms with Gasteiger partial charge in [-0.15, -0.1) is 0 Å². The first kappa shape index (κ1) is 10.5. The van der Waals surface area contributed by atoms with Crippen LogP contribution in [0.25, 0.3) is 0 Å². The SMILES string of the molecule is CC(C)N(C(C)C)C(Cl)Cl. The van der Waals surface area contributed by atoms with Crippen LogP contribution in [0.4, 0.5) is 0 Å². The summed E-state index contributed by atoms with van der Waals surface area (Å²) in [5.74, 6) is 0. The van der Waals surface area contributed by atoms with Crippen molar-refractivity contribution in [2.45, 2.75) is 44.7 Å². The van der Waals surface area contributed by atoms with Gasteiger partial charge in [-0.1, -0.05) is 23.2 Å². The van der Waals surface area contributed by atoms with Crippen molar-refractivity contribution in [3.05, 3.63) is 0 Å². The minimum absolute atomic E-state index is 0.389. The van der Waals surface area contributed by atoms with E-state index < -0.39 is 0 Å². The van der Waals surface area contributed by atoms with Gasteiger partial charge in [0.1, 0.15) is 0 Å². The molecule has 0 rings (SSSR count). The Hall–Kier alpha value is 0.540. The summed E-state index contributed by atoms with van der Waals surface area (Å²) in [6.07, 6.45) is 0. The Morgan fingerprint density at radius 2 is 1.20 bits per heavy atom.